The van der Waals surface area contributed by atoms with E-state index in [1.54, 1.807) is 0 Å². The van der Waals surface area contributed by atoms with E-state index in [0.717, 1.165) is 16.5 Å². The zero-order chi connectivity index (χ0) is 16.2. The van der Waals surface area contributed by atoms with Crippen LogP contribution in [0.25, 0.3) is 10.8 Å². The van der Waals surface area contributed by atoms with Crippen molar-refractivity contribution in [1.82, 2.24) is 5.32 Å². The molecule has 0 bridgehead atoms. The monoisotopic (exact) mass is 323 g/mol. The highest BCUT2D eigenvalue weighted by Gasteiger charge is 2.12. The summed E-state index contributed by atoms with van der Waals surface area (Å²) >= 11 is 6.18. The van der Waals surface area contributed by atoms with Crippen LogP contribution in [-0.4, -0.2) is 5.91 Å². The van der Waals surface area contributed by atoms with E-state index in [-0.39, 0.29) is 11.9 Å². The molecular weight excluding hydrogens is 306 g/mol. The minimum absolute atomic E-state index is 0.00676. The average Bonchev–Trinajstić information content (AvgIpc) is 2.55. The smallest absolute Gasteiger partial charge is 0.224 e. The van der Waals surface area contributed by atoms with Gasteiger partial charge in [0, 0.05) is 5.02 Å². The summed E-state index contributed by atoms with van der Waals surface area (Å²) in [5, 5.41) is 6.01. The van der Waals surface area contributed by atoms with Crippen LogP contribution in [0.5, 0.6) is 0 Å². The Kier molecular flexibility index (Phi) is 4.63. The molecule has 0 aromatic heterocycles. The normalized spacial score (nSPS) is 12.1. The van der Waals surface area contributed by atoms with Crippen LogP contribution in [0, 0.1) is 0 Å². The maximum Gasteiger partial charge on any atom is 0.224 e. The van der Waals surface area contributed by atoms with Gasteiger partial charge in [-0.2, -0.15) is 0 Å². The molecular formula is C20H18ClNO. The maximum absolute atomic E-state index is 12.3. The Labute approximate surface area is 141 Å². The van der Waals surface area contributed by atoms with Crippen LogP contribution in [0.4, 0.5) is 0 Å². The van der Waals surface area contributed by atoms with E-state index in [4.69, 9.17) is 11.6 Å². The SMILES string of the molecule is C[C@H](NC(=O)Cc1ccc2ccccc2c1)c1ccccc1Cl. The van der Waals surface area contributed by atoms with Gasteiger partial charge in [-0.05, 0) is 34.9 Å². The molecule has 0 unspecified atom stereocenters. The number of benzene rings is 3. The Hall–Kier alpha value is -2.32. The lowest BCUT2D eigenvalue weighted by atomic mass is 10.0. The van der Waals surface area contributed by atoms with E-state index >= 15 is 0 Å². The van der Waals surface area contributed by atoms with Crippen LogP contribution in [0.1, 0.15) is 24.1 Å². The molecule has 3 heteroatoms. The van der Waals surface area contributed by atoms with E-state index in [1.165, 1.54) is 5.39 Å². The van der Waals surface area contributed by atoms with Crippen molar-refractivity contribution in [1.29, 1.82) is 0 Å². The van der Waals surface area contributed by atoms with E-state index < -0.39 is 0 Å². The summed E-state index contributed by atoms with van der Waals surface area (Å²) in [7, 11) is 0. The number of halogens is 1. The summed E-state index contributed by atoms with van der Waals surface area (Å²) in [6.07, 6.45) is 0.361. The number of hydrogen-bond donors (Lipinski definition) is 1. The first kappa shape index (κ1) is 15.6. The molecule has 2 nitrogen and oxygen atoms in total. The highest BCUT2D eigenvalue weighted by molar-refractivity contribution is 6.31. The van der Waals surface area contributed by atoms with Gasteiger partial charge in [0.15, 0.2) is 0 Å². The second kappa shape index (κ2) is 6.84. The number of carbonyl (C=O) groups excluding carboxylic acids is 1. The first-order valence-electron chi connectivity index (χ1n) is 7.65. The number of nitrogens with one attached hydrogen (secondary N) is 1. The van der Waals surface area contributed by atoms with Crippen molar-refractivity contribution in [3.63, 3.8) is 0 Å². The van der Waals surface area contributed by atoms with Gasteiger partial charge in [-0.25, -0.2) is 0 Å². The Balaban J connectivity index is 1.69. The third-order valence-electron chi connectivity index (χ3n) is 3.93. The Morgan fingerprint density at radius 3 is 2.48 bits per heavy atom. The molecule has 3 rings (SSSR count). The first-order valence-corrected chi connectivity index (χ1v) is 8.03. The van der Waals surface area contributed by atoms with Crippen LogP contribution < -0.4 is 5.32 Å². The lowest BCUT2D eigenvalue weighted by molar-refractivity contribution is -0.121. The van der Waals surface area contributed by atoms with Crippen molar-refractivity contribution in [3.8, 4) is 0 Å². The molecule has 0 spiro atoms. The van der Waals surface area contributed by atoms with Crippen LogP contribution in [0.3, 0.4) is 0 Å². The van der Waals surface area contributed by atoms with E-state index in [9.17, 15) is 4.79 Å². The molecule has 0 heterocycles. The molecule has 0 radical (unpaired) electrons. The van der Waals surface area contributed by atoms with Crippen molar-refractivity contribution in [2.24, 2.45) is 0 Å². The lowest BCUT2D eigenvalue weighted by Gasteiger charge is -2.15. The Bertz CT molecular complexity index is 844. The summed E-state index contributed by atoms with van der Waals surface area (Å²) in [4.78, 5) is 12.3. The molecule has 0 saturated heterocycles. The van der Waals surface area contributed by atoms with E-state index in [0.29, 0.717) is 11.4 Å². The van der Waals surface area contributed by atoms with Crippen molar-refractivity contribution in [3.05, 3.63) is 82.9 Å². The molecule has 0 aliphatic heterocycles. The number of hydrogen-bond acceptors (Lipinski definition) is 1. The molecule has 3 aromatic rings. The largest absolute Gasteiger partial charge is 0.349 e. The average molecular weight is 324 g/mol. The van der Waals surface area contributed by atoms with Crippen LogP contribution >= 0.6 is 11.6 Å². The standard InChI is InChI=1S/C20H18ClNO/c1-14(18-8-4-5-9-19(18)21)22-20(23)13-15-10-11-16-6-2-3-7-17(16)12-15/h2-12,14H,13H2,1H3,(H,22,23)/t14-/m0/s1. The van der Waals surface area contributed by atoms with Crippen molar-refractivity contribution in [2.45, 2.75) is 19.4 Å². The molecule has 0 saturated carbocycles. The predicted molar refractivity (Wildman–Crippen MR) is 95.7 cm³/mol. The fourth-order valence-electron chi connectivity index (χ4n) is 2.73. The predicted octanol–water partition coefficient (Wildman–Crippen LogP) is 4.91. The minimum Gasteiger partial charge on any atom is -0.349 e. The quantitative estimate of drug-likeness (QED) is 0.726. The summed E-state index contributed by atoms with van der Waals surface area (Å²) in [5.74, 6) is -0.00676. The fraction of sp³-hybridized carbons (Fsp3) is 0.150. The molecule has 23 heavy (non-hydrogen) atoms. The summed E-state index contributed by atoms with van der Waals surface area (Å²) in [6.45, 7) is 1.94. The van der Waals surface area contributed by atoms with Crippen LogP contribution in [0.15, 0.2) is 66.7 Å². The zero-order valence-electron chi connectivity index (χ0n) is 12.9. The second-order valence-corrected chi connectivity index (χ2v) is 6.08. The van der Waals surface area contributed by atoms with Gasteiger partial charge < -0.3 is 5.32 Å². The van der Waals surface area contributed by atoms with Crippen molar-refractivity contribution >= 4 is 28.3 Å². The van der Waals surface area contributed by atoms with Crippen LogP contribution in [-0.2, 0) is 11.2 Å². The van der Waals surface area contributed by atoms with E-state index in [1.807, 2.05) is 49.4 Å². The van der Waals surface area contributed by atoms with Crippen molar-refractivity contribution < 1.29 is 4.79 Å². The summed E-state index contributed by atoms with van der Waals surface area (Å²) < 4.78 is 0. The second-order valence-electron chi connectivity index (χ2n) is 5.67. The van der Waals surface area contributed by atoms with Gasteiger partial charge in [-0.3, -0.25) is 4.79 Å². The van der Waals surface area contributed by atoms with Gasteiger partial charge in [0.25, 0.3) is 0 Å². The molecule has 0 aliphatic rings. The summed E-state index contributed by atoms with van der Waals surface area (Å²) in [6, 6.07) is 21.7. The minimum atomic E-state index is -0.114. The number of fused-ring (bicyclic) bond motifs is 1. The third kappa shape index (κ3) is 3.72. The van der Waals surface area contributed by atoms with Gasteiger partial charge in [0.05, 0.1) is 12.5 Å². The number of rotatable bonds is 4. The highest BCUT2D eigenvalue weighted by atomic mass is 35.5. The number of carbonyl (C=O) groups is 1. The highest BCUT2D eigenvalue weighted by Crippen LogP contribution is 2.22. The Morgan fingerprint density at radius 2 is 1.70 bits per heavy atom. The molecule has 116 valence electrons. The fourth-order valence-corrected chi connectivity index (χ4v) is 3.03. The topological polar surface area (TPSA) is 29.1 Å². The third-order valence-corrected chi connectivity index (χ3v) is 4.27. The van der Waals surface area contributed by atoms with Crippen LogP contribution in [0.2, 0.25) is 5.02 Å². The molecule has 3 aromatic carbocycles. The maximum atomic E-state index is 12.3. The first-order chi connectivity index (χ1) is 11.1. The van der Waals surface area contributed by atoms with Gasteiger partial charge >= 0.3 is 0 Å². The van der Waals surface area contributed by atoms with Gasteiger partial charge in [-0.1, -0.05) is 72.3 Å². The molecule has 0 aliphatic carbocycles. The lowest BCUT2D eigenvalue weighted by Crippen LogP contribution is -2.28. The molecule has 1 amide bonds. The zero-order valence-corrected chi connectivity index (χ0v) is 13.7. The summed E-state index contributed by atoms with van der Waals surface area (Å²) in [5.41, 5.74) is 1.94. The molecule has 0 fully saturated rings. The van der Waals surface area contributed by atoms with E-state index in [2.05, 4.69) is 29.6 Å². The Morgan fingerprint density at radius 1 is 1.00 bits per heavy atom. The number of amides is 1. The van der Waals surface area contributed by atoms with Gasteiger partial charge in [0.2, 0.25) is 5.91 Å². The molecule has 1 N–H and O–H groups in total. The van der Waals surface area contributed by atoms with Crippen molar-refractivity contribution in [2.75, 3.05) is 0 Å². The van der Waals surface area contributed by atoms with Gasteiger partial charge in [0.1, 0.15) is 0 Å². The molecule has 1 atom stereocenters. The van der Waals surface area contributed by atoms with Gasteiger partial charge in [-0.15, -0.1) is 0 Å².